The van der Waals surface area contributed by atoms with Gasteiger partial charge in [0.1, 0.15) is 0 Å². The van der Waals surface area contributed by atoms with E-state index in [1.54, 1.807) is 6.20 Å². The number of aliphatic hydroxyl groups excluding tert-OH is 1. The number of benzene rings is 1. The molecule has 0 radical (unpaired) electrons. The highest BCUT2D eigenvalue weighted by molar-refractivity contribution is 5.89. The van der Waals surface area contributed by atoms with Gasteiger partial charge in [0.25, 0.3) is 0 Å². The van der Waals surface area contributed by atoms with E-state index in [1.165, 1.54) is 0 Å². The van der Waals surface area contributed by atoms with Gasteiger partial charge in [-0.3, -0.25) is 0 Å². The van der Waals surface area contributed by atoms with E-state index in [-0.39, 0.29) is 24.6 Å². The number of amides is 2. The Morgan fingerprint density at radius 1 is 1.21 bits per heavy atom. The van der Waals surface area contributed by atoms with Crippen molar-refractivity contribution in [2.75, 3.05) is 11.9 Å². The predicted octanol–water partition coefficient (Wildman–Crippen LogP) is 2.98. The minimum atomic E-state index is -0.276. The number of nitrogens with one attached hydrogen (secondary N) is 2. The molecular formula is C18H24N4O2. The average molecular weight is 328 g/mol. The van der Waals surface area contributed by atoms with Crippen LogP contribution in [0.4, 0.5) is 10.5 Å². The fraction of sp³-hybridized carbons (Fsp3) is 0.389. The molecule has 0 spiro atoms. The Morgan fingerprint density at radius 3 is 2.50 bits per heavy atom. The van der Waals surface area contributed by atoms with E-state index in [9.17, 15) is 4.79 Å². The van der Waals surface area contributed by atoms with Crippen LogP contribution in [0.15, 0.2) is 36.5 Å². The summed E-state index contributed by atoms with van der Waals surface area (Å²) in [5.41, 5.74) is 2.49. The quantitative estimate of drug-likeness (QED) is 0.761. The van der Waals surface area contributed by atoms with Crippen molar-refractivity contribution >= 4 is 11.7 Å². The molecule has 128 valence electrons. The first-order valence-electron chi connectivity index (χ1n) is 8.08. The molecule has 2 amide bonds. The number of aromatic nitrogens is 2. The predicted molar refractivity (Wildman–Crippen MR) is 94.7 cm³/mol. The molecule has 0 saturated heterocycles. The summed E-state index contributed by atoms with van der Waals surface area (Å²) >= 11 is 0. The highest BCUT2D eigenvalue weighted by Crippen LogP contribution is 2.18. The molecule has 1 heterocycles. The third kappa shape index (κ3) is 5.03. The standard InChI is InChI=1S/C18H24N4O2/c1-12(2)16(9-11-23)22-18(24)21-15-6-4-14(5-7-15)17-19-10-8-13(3)20-17/h4-8,10,12,16,23H,9,11H2,1-3H3,(H2,21,22,24)/t16-/m0/s1. The number of aryl methyl sites for hydroxylation is 1. The van der Waals surface area contributed by atoms with Gasteiger partial charge in [0, 0.05) is 35.8 Å². The van der Waals surface area contributed by atoms with Gasteiger partial charge < -0.3 is 15.7 Å². The molecule has 1 aromatic heterocycles. The summed E-state index contributed by atoms with van der Waals surface area (Å²) in [6.07, 6.45) is 2.26. The lowest BCUT2D eigenvalue weighted by Crippen LogP contribution is -2.41. The first kappa shape index (κ1) is 17.9. The van der Waals surface area contributed by atoms with E-state index >= 15 is 0 Å². The van der Waals surface area contributed by atoms with E-state index in [0.717, 1.165) is 11.3 Å². The minimum absolute atomic E-state index is 0.0499. The minimum Gasteiger partial charge on any atom is -0.396 e. The van der Waals surface area contributed by atoms with Crippen molar-refractivity contribution < 1.29 is 9.90 Å². The van der Waals surface area contributed by atoms with Crippen molar-refractivity contribution in [1.82, 2.24) is 15.3 Å². The van der Waals surface area contributed by atoms with Gasteiger partial charge in [0.2, 0.25) is 0 Å². The van der Waals surface area contributed by atoms with Crippen LogP contribution in [-0.2, 0) is 0 Å². The first-order chi connectivity index (χ1) is 11.5. The summed E-state index contributed by atoms with van der Waals surface area (Å²) in [4.78, 5) is 20.7. The molecule has 6 heteroatoms. The summed E-state index contributed by atoms with van der Waals surface area (Å²) in [5.74, 6) is 0.914. The van der Waals surface area contributed by atoms with E-state index in [2.05, 4.69) is 20.6 Å². The van der Waals surface area contributed by atoms with Gasteiger partial charge in [-0.15, -0.1) is 0 Å². The van der Waals surface area contributed by atoms with E-state index in [1.807, 2.05) is 51.1 Å². The molecule has 0 fully saturated rings. The van der Waals surface area contributed by atoms with Gasteiger partial charge in [0.05, 0.1) is 0 Å². The fourth-order valence-electron chi connectivity index (χ4n) is 2.34. The van der Waals surface area contributed by atoms with Crippen LogP contribution in [0.1, 0.15) is 26.0 Å². The van der Waals surface area contributed by atoms with Gasteiger partial charge >= 0.3 is 6.03 Å². The maximum Gasteiger partial charge on any atom is 0.319 e. The van der Waals surface area contributed by atoms with Crippen LogP contribution in [0.2, 0.25) is 0 Å². The number of carbonyl (C=O) groups is 1. The monoisotopic (exact) mass is 328 g/mol. The molecule has 6 nitrogen and oxygen atoms in total. The van der Waals surface area contributed by atoms with Crippen molar-refractivity contribution in [2.24, 2.45) is 5.92 Å². The van der Waals surface area contributed by atoms with Crippen LogP contribution in [0.5, 0.6) is 0 Å². The highest BCUT2D eigenvalue weighted by Gasteiger charge is 2.15. The van der Waals surface area contributed by atoms with Crippen LogP contribution in [0.3, 0.4) is 0 Å². The summed E-state index contributed by atoms with van der Waals surface area (Å²) in [5, 5.41) is 14.8. The summed E-state index contributed by atoms with van der Waals surface area (Å²) in [6, 6.07) is 8.89. The molecule has 2 aromatic rings. The SMILES string of the molecule is Cc1ccnc(-c2ccc(NC(=O)N[C@@H](CCO)C(C)C)cc2)n1. The molecule has 0 saturated carbocycles. The molecule has 0 bridgehead atoms. The Morgan fingerprint density at radius 2 is 1.92 bits per heavy atom. The number of hydrogen-bond donors (Lipinski definition) is 3. The van der Waals surface area contributed by atoms with Crippen molar-refractivity contribution in [3.05, 3.63) is 42.2 Å². The number of urea groups is 1. The number of anilines is 1. The second-order valence-electron chi connectivity index (χ2n) is 6.06. The van der Waals surface area contributed by atoms with Gasteiger partial charge in [-0.05, 0) is 49.6 Å². The van der Waals surface area contributed by atoms with Crippen LogP contribution < -0.4 is 10.6 Å². The Balaban J connectivity index is 1.99. The summed E-state index contributed by atoms with van der Waals surface area (Å²) in [6.45, 7) is 5.99. The summed E-state index contributed by atoms with van der Waals surface area (Å²) in [7, 11) is 0. The molecule has 1 atom stereocenters. The van der Waals surface area contributed by atoms with Crippen LogP contribution in [0, 0.1) is 12.8 Å². The molecule has 1 aromatic carbocycles. The highest BCUT2D eigenvalue weighted by atomic mass is 16.3. The molecule has 2 rings (SSSR count). The Hall–Kier alpha value is -2.47. The normalized spacial score (nSPS) is 12.0. The smallest absolute Gasteiger partial charge is 0.319 e. The molecule has 24 heavy (non-hydrogen) atoms. The third-order valence-corrected chi connectivity index (χ3v) is 3.76. The fourth-order valence-corrected chi connectivity index (χ4v) is 2.34. The van der Waals surface area contributed by atoms with Crippen LogP contribution in [-0.4, -0.2) is 33.8 Å². The topological polar surface area (TPSA) is 87.1 Å². The molecule has 0 aliphatic heterocycles. The lowest BCUT2D eigenvalue weighted by Gasteiger charge is -2.21. The maximum absolute atomic E-state index is 12.1. The van der Waals surface area contributed by atoms with E-state index in [4.69, 9.17) is 5.11 Å². The third-order valence-electron chi connectivity index (χ3n) is 3.76. The number of aliphatic hydroxyl groups is 1. The molecular weight excluding hydrogens is 304 g/mol. The zero-order valence-corrected chi connectivity index (χ0v) is 14.3. The van der Waals surface area contributed by atoms with Gasteiger partial charge in [-0.1, -0.05) is 13.8 Å². The number of rotatable bonds is 6. The van der Waals surface area contributed by atoms with Crippen LogP contribution >= 0.6 is 0 Å². The number of carbonyl (C=O) groups excluding carboxylic acids is 1. The Kier molecular flexibility index (Phi) is 6.26. The molecule has 0 unspecified atom stereocenters. The average Bonchev–Trinajstić information content (AvgIpc) is 2.55. The first-order valence-corrected chi connectivity index (χ1v) is 8.08. The van der Waals surface area contributed by atoms with Crippen LogP contribution in [0.25, 0.3) is 11.4 Å². The Labute approximate surface area is 142 Å². The second-order valence-corrected chi connectivity index (χ2v) is 6.06. The lowest BCUT2D eigenvalue weighted by molar-refractivity contribution is 0.227. The largest absolute Gasteiger partial charge is 0.396 e. The van der Waals surface area contributed by atoms with Gasteiger partial charge in [0.15, 0.2) is 5.82 Å². The zero-order chi connectivity index (χ0) is 17.5. The van der Waals surface area contributed by atoms with Gasteiger partial charge in [-0.2, -0.15) is 0 Å². The second kappa shape index (κ2) is 8.40. The molecule has 0 aliphatic rings. The Bertz CT molecular complexity index is 671. The maximum atomic E-state index is 12.1. The van der Waals surface area contributed by atoms with E-state index in [0.29, 0.717) is 17.9 Å². The number of nitrogens with zero attached hydrogens (tertiary/aromatic N) is 2. The number of hydrogen-bond acceptors (Lipinski definition) is 4. The van der Waals surface area contributed by atoms with E-state index < -0.39 is 0 Å². The zero-order valence-electron chi connectivity index (χ0n) is 14.3. The van der Waals surface area contributed by atoms with Crippen molar-refractivity contribution in [2.45, 2.75) is 33.2 Å². The van der Waals surface area contributed by atoms with Crippen molar-refractivity contribution in [1.29, 1.82) is 0 Å². The van der Waals surface area contributed by atoms with Gasteiger partial charge in [-0.25, -0.2) is 14.8 Å². The summed E-state index contributed by atoms with van der Waals surface area (Å²) < 4.78 is 0. The van der Waals surface area contributed by atoms with Crippen molar-refractivity contribution in [3.8, 4) is 11.4 Å². The lowest BCUT2D eigenvalue weighted by atomic mass is 10.0. The van der Waals surface area contributed by atoms with Crippen molar-refractivity contribution in [3.63, 3.8) is 0 Å². The molecule has 3 N–H and O–H groups in total. The molecule has 0 aliphatic carbocycles.